The van der Waals surface area contributed by atoms with Crippen molar-refractivity contribution in [3.05, 3.63) is 57.4 Å². The molecule has 10 heteroatoms. The van der Waals surface area contributed by atoms with Gasteiger partial charge in [-0.15, -0.1) is 0 Å². The van der Waals surface area contributed by atoms with E-state index in [0.717, 1.165) is 13.1 Å². The van der Waals surface area contributed by atoms with Gasteiger partial charge in [0.2, 0.25) is 11.5 Å². The smallest absolute Gasteiger partial charge is 0.290 e. The summed E-state index contributed by atoms with van der Waals surface area (Å²) in [5, 5.41) is 0.375. The van der Waals surface area contributed by atoms with Crippen molar-refractivity contribution < 1.29 is 32.9 Å². The van der Waals surface area contributed by atoms with Gasteiger partial charge in [-0.1, -0.05) is 0 Å². The first-order chi connectivity index (χ1) is 18.0. The number of fused-ring (bicyclic) bond motifs is 2. The number of methoxy groups -OCH3 is 4. The van der Waals surface area contributed by atoms with Crippen molar-refractivity contribution in [1.29, 1.82) is 0 Å². The lowest BCUT2D eigenvalue weighted by molar-refractivity contribution is 0.0314. The Bertz CT molecular complexity index is 1350. The normalized spacial score (nSPS) is 17.7. The fraction of sp³-hybridized carbons (Fsp3) is 0.407. The van der Waals surface area contributed by atoms with E-state index in [1.165, 1.54) is 28.4 Å². The molecule has 1 amide bonds. The molecule has 3 heterocycles. The van der Waals surface area contributed by atoms with Crippen LogP contribution in [0.4, 0.5) is 0 Å². The van der Waals surface area contributed by atoms with E-state index in [1.807, 2.05) is 0 Å². The van der Waals surface area contributed by atoms with Crippen LogP contribution in [0.5, 0.6) is 23.0 Å². The number of benzene rings is 2. The second-order valence-corrected chi connectivity index (χ2v) is 8.85. The fourth-order valence-corrected chi connectivity index (χ4v) is 5.04. The Morgan fingerprint density at radius 2 is 1.59 bits per heavy atom. The summed E-state index contributed by atoms with van der Waals surface area (Å²) >= 11 is 0. The molecule has 2 aliphatic rings. The van der Waals surface area contributed by atoms with Crippen LogP contribution >= 0.6 is 0 Å². The van der Waals surface area contributed by atoms with E-state index in [1.54, 1.807) is 35.2 Å². The molecule has 0 bridgehead atoms. The van der Waals surface area contributed by atoms with Crippen LogP contribution in [0.15, 0.2) is 39.5 Å². The molecule has 1 atom stereocenters. The number of carbonyl (C=O) groups excluding carboxylic acids is 1. The van der Waals surface area contributed by atoms with Gasteiger partial charge in [0, 0.05) is 32.2 Å². The first kappa shape index (κ1) is 24.9. The molecule has 3 aromatic rings. The topological polar surface area (TPSA) is 99.9 Å². The quantitative estimate of drug-likeness (QED) is 0.453. The van der Waals surface area contributed by atoms with Crippen LogP contribution < -0.4 is 24.4 Å². The minimum Gasteiger partial charge on any atom is -0.497 e. The summed E-state index contributed by atoms with van der Waals surface area (Å²) in [5.41, 5.74) is 0.984. The zero-order valence-electron chi connectivity index (χ0n) is 21.4. The van der Waals surface area contributed by atoms with E-state index >= 15 is 0 Å². The van der Waals surface area contributed by atoms with E-state index < -0.39 is 6.04 Å². The molecule has 0 aliphatic carbocycles. The van der Waals surface area contributed by atoms with Crippen LogP contribution in [-0.2, 0) is 4.74 Å². The summed E-state index contributed by atoms with van der Waals surface area (Å²) in [4.78, 5) is 31.5. The molecule has 5 rings (SSSR count). The largest absolute Gasteiger partial charge is 0.497 e. The number of hydrogen-bond donors (Lipinski definition) is 0. The van der Waals surface area contributed by atoms with Gasteiger partial charge >= 0.3 is 0 Å². The van der Waals surface area contributed by atoms with Crippen molar-refractivity contribution in [2.24, 2.45) is 0 Å². The average molecular weight is 511 g/mol. The molecular formula is C27H30N2O8. The van der Waals surface area contributed by atoms with Gasteiger partial charge in [0.1, 0.15) is 11.3 Å². The van der Waals surface area contributed by atoms with E-state index in [4.69, 9.17) is 28.1 Å². The predicted octanol–water partition coefficient (Wildman–Crippen LogP) is 2.70. The summed E-state index contributed by atoms with van der Waals surface area (Å²) in [6, 6.07) is 7.83. The van der Waals surface area contributed by atoms with Crippen molar-refractivity contribution in [2.45, 2.75) is 6.04 Å². The maximum atomic E-state index is 13.8. The minimum atomic E-state index is -0.694. The molecule has 0 N–H and O–H groups in total. The standard InChI is InChI=1S/C27H30N2O8/c1-32-17-5-6-18-19(15-17)37-26-22(24(18)30)23(16-13-20(33-2)25(35-4)21(14-16)34-3)29(27(26)31)8-7-28-9-11-36-12-10-28/h5-6,13-15,23H,7-12H2,1-4H3. The molecule has 10 nitrogen and oxygen atoms in total. The molecule has 1 saturated heterocycles. The molecule has 0 radical (unpaired) electrons. The van der Waals surface area contributed by atoms with Gasteiger partial charge in [-0.05, 0) is 29.8 Å². The number of ether oxygens (including phenoxy) is 5. The Morgan fingerprint density at radius 3 is 2.22 bits per heavy atom. The number of amides is 1. The lowest BCUT2D eigenvalue weighted by atomic mass is 9.97. The van der Waals surface area contributed by atoms with Crippen molar-refractivity contribution in [2.75, 3.05) is 67.8 Å². The van der Waals surface area contributed by atoms with Crippen molar-refractivity contribution >= 4 is 16.9 Å². The number of morpholine rings is 1. The van der Waals surface area contributed by atoms with Crippen LogP contribution in [0.2, 0.25) is 0 Å². The highest BCUT2D eigenvalue weighted by Gasteiger charge is 2.43. The molecule has 0 spiro atoms. The molecule has 2 aliphatic heterocycles. The molecule has 196 valence electrons. The number of nitrogens with zero attached hydrogens (tertiary/aromatic N) is 2. The van der Waals surface area contributed by atoms with Crippen LogP contribution in [0.1, 0.15) is 27.7 Å². The average Bonchev–Trinajstić information content (AvgIpc) is 3.22. The zero-order valence-corrected chi connectivity index (χ0v) is 21.4. The summed E-state index contributed by atoms with van der Waals surface area (Å²) in [7, 11) is 6.12. The SMILES string of the molecule is COc1ccc2c(=O)c3c(oc2c1)C(=O)N(CCN1CCOCC1)C3c1cc(OC)c(OC)c(OC)c1. The van der Waals surface area contributed by atoms with E-state index in [-0.39, 0.29) is 17.1 Å². The lowest BCUT2D eigenvalue weighted by Gasteiger charge is -2.31. The molecular weight excluding hydrogens is 480 g/mol. The Morgan fingerprint density at radius 1 is 0.892 bits per heavy atom. The third kappa shape index (κ3) is 4.36. The summed E-state index contributed by atoms with van der Waals surface area (Å²) in [6.07, 6.45) is 0. The summed E-state index contributed by atoms with van der Waals surface area (Å²) < 4.78 is 33.4. The minimum absolute atomic E-state index is 0.0338. The highest BCUT2D eigenvalue weighted by molar-refractivity contribution is 5.99. The molecule has 1 unspecified atom stereocenters. The summed E-state index contributed by atoms with van der Waals surface area (Å²) in [5.74, 6) is 1.51. The second-order valence-electron chi connectivity index (χ2n) is 8.85. The highest BCUT2D eigenvalue weighted by Crippen LogP contribution is 2.45. The molecule has 0 saturated carbocycles. The van der Waals surface area contributed by atoms with Crippen molar-refractivity contribution in [1.82, 2.24) is 9.80 Å². The summed E-state index contributed by atoms with van der Waals surface area (Å²) in [6.45, 7) is 3.89. The molecule has 37 heavy (non-hydrogen) atoms. The van der Waals surface area contributed by atoms with E-state index in [2.05, 4.69) is 4.90 Å². The van der Waals surface area contributed by atoms with Gasteiger partial charge in [-0.25, -0.2) is 0 Å². The van der Waals surface area contributed by atoms with Crippen molar-refractivity contribution in [3.63, 3.8) is 0 Å². The Labute approximate surface area is 214 Å². The first-order valence-electron chi connectivity index (χ1n) is 12.1. The van der Waals surface area contributed by atoms with Gasteiger partial charge in [0.25, 0.3) is 5.91 Å². The highest BCUT2D eigenvalue weighted by atomic mass is 16.5. The third-order valence-corrected chi connectivity index (χ3v) is 6.94. The molecule has 2 aromatic carbocycles. The predicted molar refractivity (Wildman–Crippen MR) is 135 cm³/mol. The first-order valence-corrected chi connectivity index (χ1v) is 12.1. The van der Waals surface area contributed by atoms with Gasteiger partial charge in [-0.2, -0.15) is 0 Å². The molecule has 1 aromatic heterocycles. The maximum Gasteiger partial charge on any atom is 0.290 e. The van der Waals surface area contributed by atoms with Gasteiger partial charge in [0.15, 0.2) is 16.9 Å². The van der Waals surface area contributed by atoms with Crippen LogP contribution in [0.25, 0.3) is 11.0 Å². The number of hydrogen-bond acceptors (Lipinski definition) is 9. The Balaban J connectivity index is 1.66. The molecule has 1 fully saturated rings. The Hall–Kier alpha value is -3.76. The van der Waals surface area contributed by atoms with Crippen LogP contribution in [0.3, 0.4) is 0 Å². The van der Waals surface area contributed by atoms with Gasteiger partial charge in [-0.3, -0.25) is 14.5 Å². The van der Waals surface area contributed by atoms with Gasteiger partial charge < -0.3 is 33.0 Å². The second kappa shape index (κ2) is 10.3. The zero-order chi connectivity index (χ0) is 26.1. The monoisotopic (exact) mass is 510 g/mol. The lowest BCUT2D eigenvalue weighted by Crippen LogP contribution is -2.42. The maximum absolute atomic E-state index is 13.8. The third-order valence-electron chi connectivity index (χ3n) is 6.94. The van der Waals surface area contributed by atoms with E-state index in [0.29, 0.717) is 71.4 Å². The number of rotatable bonds is 8. The van der Waals surface area contributed by atoms with Crippen LogP contribution in [0, 0.1) is 0 Å². The van der Waals surface area contributed by atoms with E-state index in [9.17, 15) is 9.59 Å². The number of carbonyl (C=O) groups is 1. The van der Waals surface area contributed by atoms with Gasteiger partial charge in [0.05, 0.1) is 58.6 Å². The van der Waals surface area contributed by atoms with Crippen molar-refractivity contribution in [3.8, 4) is 23.0 Å². The fourth-order valence-electron chi connectivity index (χ4n) is 5.04. The van der Waals surface area contributed by atoms with Crippen LogP contribution in [-0.4, -0.2) is 83.5 Å². The Kier molecular flexibility index (Phi) is 6.94.